The molecule has 0 aliphatic carbocycles. The summed E-state index contributed by atoms with van der Waals surface area (Å²) in [5.41, 5.74) is 7.29. The van der Waals surface area contributed by atoms with Gasteiger partial charge in [0, 0.05) is 24.0 Å². The van der Waals surface area contributed by atoms with Crippen LogP contribution < -0.4 is 5.73 Å². The number of unbranched alkanes of at least 4 members (excludes halogenated alkanes) is 1. The Hall–Kier alpha value is -1.06. The van der Waals surface area contributed by atoms with E-state index in [-0.39, 0.29) is 18.0 Å². The number of amides is 1. The smallest absolute Gasteiger partial charge is 0.223 e. The number of benzene rings is 1. The number of halogens is 1. The molecule has 0 bridgehead atoms. The van der Waals surface area contributed by atoms with Crippen molar-refractivity contribution in [2.45, 2.75) is 44.7 Å². The first-order valence-electron chi connectivity index (χ1n) is 6.94. The summed E-state index contributed by atoms with van der Waals surface area (Å²) in [7, 11) is 0. The molecule has 0 aromatic heterocycles. The minimum absolute atomic E-state index is 0.00646. The summed E-state index contributed by atoms with van der Waals surface area (Å²) in [5, 5.41) is 0.693. The van der Waals surface area contributed by atoms with Crippen LogP contribution in [-0.4, -0.2) is 23.4 Å². The monoisotopic (exact) mass is 280 g/mol. The second kappa shape index (κ2) is 6.40. The highest BCUT2D eigenvalue weighted by Crippen LogP contribution is 2.32. The molecule has 1 fully saturated rings. The molecular weight excluding hydrogens is 260 g/mol. The van der Waals surface area contributed by atoms with Gasteiger partial charge >= 0.3 is 0 Å². The fourth-order valence-electron chi connectivity index (χ4n) is 2.69. The van der Waals surface area contributed by atoms with Gasteiger partial charge in [-0.15, -0.1) is 0 Å². The number of nitrogens with two attached hydrogens (primary N) is 1. The second-order valence-corrected chi connectivity index (χ2v) is 5.58. The number of hydrogen-bond donors (Lipinski definition) is 1. The maximum absolute atomic E-state index is 12.2. The van der Waals surface area contributed by atoms with E-state index in [9.17, 15) is 4.79 Å². The molecule has 19 heavy (non-hydrogen) atoms. The molecule has 2 atom stereocenters. The van der Waals surface area contributed by atoms with Gasteiger partial charge in [-0.1, -0.05) is 37.1 Å². The Morgan fingerprint density at radius 2 is 2.26 bits per heavy atom. The lowest BCUT2D eigenvalue weighted by atomic mass is 9.90. The topological polar surface area (TPSA) is 46.3 Å². The SMILES string of the molecule is CCCCN1C(=O)CCC(N)C1c1cccc(Cl)c1. The van der Waals surface area contributed by atoms with Crippen molar-refractivity contribution < 1.29 is 4.79 Å². The van der Waals surface area contributed by atoms with Crippen LogP contribution in [0.25, 0.3) is 0 Å². The molecule has 4 heteroatoms. The Labute approximate surface area is 119 Å². The molecule has 0 radical (unpaired) electrons. The van der Waals surface area contributed by atoms with Crippen molar-refractivity contribution in [3.63, 3.8) is 0 Å². The first-order chi connectivity index (χ1) is 9.13. The van der Waals surface area contributed by atoms with Gasteiger partial charge in [0.15, 0.2) is 0 Å². The Bertz CT molecular complexity index is 450. The van der Waals surface area contributed by atoms with Gasteiger partial charge in [-0.2, -0.15) is 0 Å². The lowest BCUT2D eigenvalue weighted by Gasteiger charge is -2.40. The normalized spacial score (nSPS) is 23.7. The van der Waals surface area contributed by atoms with Gasteiger partial charge in [-0.05, 0) is 30.5 Å². The van der Waals surface area contributed by atoms with E-state index in [2.05, 4.69) is 6.92 Å². The molecule has 0 spiro atoms. The predicted molar refractivity (Wildman–Crippen MR) is 78.0 cm³/mol. The zero-order valence-corrected chi connectivity index (χ0v) is 12.1. The first kappa shape index (κ1) is 14.4. The van der Waals surface area contributed by atoms with Gasteiger partial charge in [0.1, 0.15) is 0 Å². The predicted octanol–water partition coefficient (Wildman–Crippen LogP) is 3.13. The van der Waals surface area contributed by atoms with E-state index in [0.717, 1.165) is 31.4 Å². The molecule has 0 saturated carbocycles. The minimum Gasteiger partial charge on any atom is -0.334 e. The quantitative estimate of drug-likeness (QED) is 0.921. The third kappa shape index (κ3) is 3.28. The number of carbonyl (C=O) groups is 1. The van der Waals surface area contributed by atoms with E-state index >= 15 is 0 Å². The van der Waals surface area contributed by atoms with E-state index < -0.39 is 0 Å². The maximum atomic E-state index is 12.2. The maximum Gasteiger partial charge on any atom is 0.223 e. The highest BCUT2D eigenvalue weighted by atomic mass is 35.5. The van der Waals surface area contributed by atoms with E-state index in [1.54, 1.807) is 0 Å². The molecule has 1 amide bonds. The Kier molecular flexibility index (Phi) is 4.83. The van der Waals surface area contributed by atoms with Crippen LogP contribution in [0.15, 0.2) is 24.3 Å². The zero-order valence-electron chi connectivity index (χ0n) is 11.3. The van der Waals surface area contributed by atoms with Crippen molar-refractivity contribution >= 4 is 17.5 Å². The molecule has 1 aromatic carbocycles. The Morgan fingerprint density at radius 1 is 1.47 bits per heavy atom. The molecule has 1 heterocycles. The summed E-state index contributed by atoms with van der Waals surface area (Å²) in [6, 6.07) is 7.65. The highest BCUT2D eigenvalue weighted by Gasteiger charge is 2.34. The number of hydrogen-bond acceptors (Lipinski definition) is 2. The van der Waals surface area contributed by atoms with Crippen LogP contribution in [0.3, 0.4) is 0 Å². The number of likely N-dealkylation sites (tertiary alicyclic amines) is 1. The molecule has 1 aliphatic rings. The van der Waals surface area contributed by atoms with Crippen LogP contribution in [0, 0.1) is 0 Å². The number of piperidine rings is 1. The average molecular weight is 281 g/mol. The van der Waals surface area contributed by atoms with Gasteiger partial charge in [-0.25, -0.2) is 0 Å². The van der Waals surface area contributed by atoms with E-state index in [1.165, 1.54) is 0 Å². The molecule has 3 nitrogen and oxygen atoms in total. The van der Waals surface area contributed by atoms with Crippen LogP contribution in [-0.2, 0) is 4.79 Å². The van der Waals surface area contributed by atoms with Gasteiger partial charge in [0.05, 0.1) is 6.04 Å². The molecule has 1 aromatic rings. The number of nitrogens with zero attached hydrogens (tertiary/aromatic N) is 1. The zero-order chi connectivity index (χ0) is 13.8. The molecule has 2 N–H and O–H groups in total. The van der Waals surface area contributed by atoms with Gasteiger partial charge in [0.2, 0.25) is 5.91 Å². The van der Waals surface area contributed by atoms with Crippen LogP contribution in [0.2, 0.25) is 5.02 Å². The molecular formula is C15H21ClN2O. The highest BCUT2D eigenvalue weighted by molar-refractivity contribution is 6.30. The van der Waals surface area contributed by atoms with Crippen LogP contribution in [0.1, 0.15) is 44.2 Å². The van der Waals surface area contributed by atoms with Crippen molar-refractivity contribution in [3.8, 4) is 0 Å². The minimum atomic E-state index is -0.0356. The van der Waals surface area contributed by atoms with Crippen molar-refractivity contribution in [3.05, 3.63) is 34.9 Å². The third-order valence-electron chi connectivity index (χ3n) is 3.70. The number of rotatable bonds is 4. The largest absolute Gasteiger partial charge is 0.334 e. The molecule has 1 aliphatic heterocycles. The van der Waals surface area contributed by atoms with Crippen LogP contribution in [0.4, 0.5) is 0 Å². The summed E-state index contributed by atoms with van der Waals surface area (Å²) in [6.45, 7) is 2.91. The fraction of sp³-hybridized carbons (Fsp3) is 0.533. The molecule has 104 valence electrons. The van der Waals surface area contributed by atoms with Gasteiger partial charge in [-0.3, -0.25) is 4.79 Å². The fourth-order valence-corrected chi connectivity index (χ4v) is 2.89. The van der Waals surface area contributed by atoms with Crippen molar-refractivity contribution in [1.29, 1.82) is 0 Å². The van der Waals surface area contributed by atoms with E-state index in [0.29, 0.717) is 11.4 Å². The summed E-state index contributed by atoms with van der Waals surface area (Å²) < 4.78 is 0. The number of carbonyl (C=O) groups excluding carboxylic acids is 1. The Balaban J connectivity index is 2.28. The summed E-state index contributed by atoms with van der Waals surface area (Å²) in [5.74, 6) is 0.208. The van der Waals surface area contributed by atoms with Crippen LogP contribution in [0.5, 0.6) is 0 Å². The first-order valence-corrected chi connectivity index (χ1v) is 7.31. The second-order valence-electron chi connectivity index (χ2n) is 5.14. The lowest BCUT2D eigenvalue weighted by molar-refractivity contribution is -0.137. The van der Waals surface area contributed by atoms with Crippen molar-refractivity contribution in [2.24, 2.45) is 5.73 Å². The van der Waals surface area contributed by atoms with Crippen molar-refractivity contribution in [1.82, 2.24) is 4.90 Å². The van der Waals surface area contributed by atoms with E-state index in [4.69, 9.17) is 17.3 Å². The summed E-state index contributed by atoms with van der Waals surface area (Å²) in [4.78, 5) is 14.1. The van der Waals surface area contributed by atoms with Gasteiger partial charge in [0.25, 0.3) is 0 Å². The average Bonchev–Trinajstić information content (AvgIpc) is 2.39. The molecule has 1 saturated heterocycles. The summed E-state index contributed by atoms with van der Waals surface area (Å²) in [6.07, 6.45) is 3.39. The lowest BCUT2D eigenvalue weighted by Crippen LogP contribution is -2.49. The molecule has 2 unspecified atom stereocenters. The third-order valence-corrected chi connectivity index (χ3v) is 3.93. The Morgan fingerprint density at radius 3 is 2.95 bits per heavy atom. The van der Waals surface area contributed by atoms with Crippen LogP contribution >= 0.6 is 11.6 Å². The molecule has 2 rings (SSSR count). The van der Waals surface area contributed by atoms with E-state index in [1.807, 2.05) is 29.2 Å². The van der Waals surface area contributed by atoms with Crippen molar-refractivity contribution in [2.75, 3.05) is 6.54 Å². The summed E-state index contributed by atoms with van der Waals surface area (Å²) >= 11 is 6.06. The van der Waals surface area contributed by atoms with Gasteiger partial charge < -0.3 is 10.6 Å². The standard InChI is InChI=1S/C15H21ClN2O/c1-2-3-9-18-14(19)8-7-13(17)15(18)11-5-4-6-12(16)10-11/h4-6,10,13,15H,2-3,7-9,17H2,1H3.